The molecule has 0 saturated heterocycles. The van der Waals surface area contributed by atoms with E-state index in [0.29, 0.717) is 0 Å². The summed E-state index contributed by atoms with van der Waals surface area (Å²) < 4.78 is 4.65. The Hall–Kier alpha value is 0.220. The third-order valence-electron chi connectivity index (χ3n) is 2.57. The highest BCUT2D eigenvalue weighted by Gasteiger charge is 2.10. The normalized spacial score (nSPS) is 9.53. The van der Waals surface area contributed by atoms with E-state index in [-0.39, 0.29) is 34.0 Å². The molecule has 0 aliphatic carbocycles. The lowest BCUT2D eigenvalue weighted by atomic mass is 10.4. The molecule has 0 radical (unpaired) electrons. The monoisotopic (exact) mass is 398 g/mol. The minimum absolute atomic E-state index is 0. The van der Waals surface area contributed by atoms with Gasteiger partial charge in [0.25, 0.3) is 0 Å². The highest BCUT2D eigenvalue weighted by atomic mass is 79.9. The fourth-order valence-corrected chi connectivity index (χ4v) is 3.01. The standard InChI is InChI=1S/C11H16N2S2.2BrH/c1-10-12(6-8-14-10)4-3-5-13-7-9-15-11(13)2;;/h6-9H,3-5H2,1-2H3;2*1H/q+2;;/p-2. The summed E-state index contributed by atoms with van der Waals surface area (Å²) in [7, 11) is 0. The Morgan fingerprint density at radius 2 is 1.29 bits per heavy atom. The largest absolute Gasteiger partial charge is 1.00 e. The number of nitrogens with zero attached hydrogens (tertiary/aromatic N) is 2. The molecule has 0 aromatic carbocycles. The third-order valence-corrected chi connectivity index (χ3v) is 4.23. The van der Waals surface area contributed by atoms with Crippen LogP contribution in [0.2, 0.25) is 0 Å². The van der Waals surface area contributed by atoms with Gasteiger partial charge in [-0.05, 0) is 0 Å². The quantitative estimate of drug-likeness (QED) is 0.464. The summed E-state index contributed by atoms with van der Waals surface area (Å²) in [5.74, 6) is 0. The maximum atomic E-state index is 2.33. The predicted octanol–water partition coefficient (Wildman–Crippen LogP) is -3.90. The first-order chi connectivity index (χ1) is 7.27. The average Bonchev–Trinajstić information content (AvgIpc) is 2.78. The Kier molecular flexibility index (Phi) is 8.45. The van der Waals surface area contributed by atoms with Crippen LogP contribution in [0.3, 0.4) is 0 Å². The fourth-order valence-electron chi connectivity index (χ4n) is 1.63. The topological polar surface area (TPSA) is 7.76 Å². The lowest BCUT2D eigenvalue weighted by Crippen LogP contribution is -3.00. The number of thiazole rings is 2. The predicted molar refractivity (Wildman–Crippen MR) is 63.1 cm³/mol. The SMILES string of the molecule is Cc1scc[n+]1CCC[n+]1ccsc1C.[Br-].[Br-]. The molecular formula is C11H16Br2N2S2. The summed E-state index contributed by atoms with van der Waals surface area (Å²) in [6, 6.07) is 0. The second-order valence-electron chi connectivity index (χ2n) is 3.58. The Labute approximate surface area is 131 Å². The van der Waals surface area contributed by atoms with E-state index in [0.717, 1.165) is 13.1 Å². The van der Waals surface area contributed by atoms with E-state index in [2.05, 4.69) is 46.1 Å². The number of hydrogen-bond acceptors (Lipinski definition) is 2. The van der Waals surface area contributed by atoms with Crippen molar-refractivity contribution in [3.63, 3.8) is 0 Å². The molecule has 0 atom stereocenters. The second-order valence-corrected chi connectivity index (χ2v) is 5.78. The molecule has 0 spiro atoms. The highest BCUT2D eigenvalue weighted by Crippen LogP contribution is 2.01. The maximum absolute atomic E-state index is 2.33. The summed E-state index contributed by atoms with van der Waals surface area (Å²) in [5.41, 5.74) is 0. The van der Waals surface area contributed by atoms with Crippen LogP contribution < -0.4 is 43.1 Å². The third kappa shape index (κ3) is 4.77. The maximum Gasteiger partial charge on any atom is 0.234 e. The molecule has 2 aromatic heterocycles. The lowest BCUT2D eigenvalue weighted by Gasteiger charge is -1.94. The fraction of sp³-hybridized carbons (Fsp3) is 0.455. The summed E-state index contributed by atoms with van der Waals surface area (Å²) in [6.45, 7) is 6.59. The first-order valence-corrected chi connectivity index (χ1v) is 6.90. The van der Waals surface area contributed by atoms with Gasteiger partial charge in [-0.1, -0.05) is 22.7 Å². The molecule has 0 unspecified atom stereocenters. The van der Waals surface area contributed by atoms with Crippen molar-refractivity contribution in [3.05, 3.63) is 33.2 Å². The number of aryl methyl sites for hydroxylation is 4. The van der Waals surface area contributed by atoms with E-state index in [1.54, 1.807) is 0 Å². The van der Waals surface area contributed by atoms with Crippen molar-refractivity contribution < 1.29 is 43.1 Å². The highest BCUT2D eigenvalue weighted by molar-refractivity contribution is 7.09. The molecule has 0 N–H and O–H groups in total. The van der Waals surface area contributed by atoms with Crippen LogP contribution in [0.1, 0.15) is 16.4 Å². The van der Waals surface area contributed by atoms with E-state index < -0.39 is 0 Å². The van der Waals surface area contributed by atoms with Gasteiger partial charge in [-0.2, -0.15) is 9.13 Å². The van der Waals surface area contributed by atoms with Crippen LogP contribution in [0.25, 0.3) is 0 Å². The van der Waals surface area contributed by atoms with Crippen LogP contribution >= 0.6 is 22.7 Å². The van der Waals surface area contributed by atoms with Crippen molar-refractivity contribution in [3.8, 4) is 0 Å². The van der Waals surface area contributed by atoms with Gasteiger partial charge >= 0.3 is 0 Å². The summed E-state index contributed by atoms with van der Waals surface area (Å²) in [4.78, 5) is 0. The molecule has 2 heterocycles. The van der Waals surface area contributed by atoms with Gasteiger partial charge in [-0.25, -0.2) is 0 Å². The molecule has 0 fully saturated rings. The first-order valence-electron chi connectivity index (χ1n) is 5.14. The molecule has 0 saturated carbocycles. The Morgan fingerprint density at radius 3 is 1.59 bits per heavy atom. The van der Waals surface area contributed by atoms with Gasteiger partial charge in [0, 0.05) is 13.8 Å². The Balaban J connectivity index is 0.00000128. The summed E-state index contributed by atoms with van der Waals surface area (Å²) in [6.07, 6.45) is 5.54. The minimum Gasteiger partial charge on any atom is -1.00 e. The van der Waals surface area contributed by atoms with E-state index in [9.17, 15) is 0 Å². The number of hydrogen-bond donors (Lipinski definition) is 0. The lowest BCUT2D eigenvalue weighted by molar-refractivity contribution is -0.727. The van der Waals surface area contributed by atoms with Crippen molar-refractivity contribution in [2.24, 2.45) is 0 Å². The molecule has 0 aliphatic rings. The molecular weight excluding hydrogens is 384 g/mol. The molecule has 2 rings (SSSR count). The molecule has 0 amide bonds. The van der Waals surface area contributed by atoms with Crippen molar-refractivity contribution >= 4 is 22.7 Å². The van der Waals surface area contributed by atoms with Crippen LogP contribution in [-0.2, 0) is 13.1 Å². The van der Waals surface area contributed by atoms with Crippen LogP contribution in [0.4, 0.5) is 0 Å². The number of halogens is 2. The molecule has 17 heavy (non-hydrogen) atoms. The molecule has 0 bridgehead atoms. The van der Waals surface area contributed by atoms with Gasteiger partial charge in [0.1, 0.15) is 0 Å². The van der Waals surface area contributed by atoms with E-state index in [4.69, 9.17) is 0 Å². The second kappa shape index (κ2) is 8.34. The van der Waals surface area contributed by atoms with Crippen LogP contribution in [-0.4, -0.2) is 0 Å². The van der Waals surface area contributed by atoms with Gasteiger partial charge in [0.2, 0.25) is 10.0 Å². The van der Waals surface area contributed by atoms with Crippen LogP contribution in [0.5, 0.6) is 0 Å². The van der Waals surface area contributed by atoms with E-state index in [1.807, 2.05) is 22.7 Å². The summed E-state index contributed by atoms with van der Waals surface area (Å²) >= 11 is 3.63. The van der Waals surface area contributed by atoms with Crippen molar-refractivity contribution in [2.75, 3.05) is 0 Å². The van der Waals surface area contributed by atoms with Gasteiger partial charge < -0.3 is 34.0 Å². The number of aromatic nitrogens is 2. The van der Waals surface area contributed by atoms with Crippen molar-refractivity contribution in [2.45, 2.75) is 33.4 Å². The molecule has 6 heteroatoms. The van der Waals surface area contributed by atoms with E-state index >= 15 is 0 Å². The average molecular weight is 400 g/mol. The van der Waals surface area contributed by atoms with Gasteiger partial charge in [-0.15, -0.1) is 0 Å². The minimum atomic E-state index is 0. The van der Waals surface area contributed by atoms with Crippen molar-refractivity contribution in [1.82, 2.24) is 0 Å². The Bertz CT molecular complexity index is 400. The van der Waals surface area contributed by atoms with Crippen LogP contribution in [0, 0.1) is 13.8 Å². The molecule has 0 aliphatic heterocycles. The Morgan fingerprint density at radius 1 is 0.882 bits per heavy atom. The smallest absolute Gasteiger partial charge is 0.234 e. The molecule has 2 nitrogen and oxygen atoms in total. The van der Waals surface area contributed by atoms with Gasteiger partial charge in [-0.3, -0.25) is 0 Å². The van der Waals surface area contributed by atoms with Crippen LogP contribution in [0.15, 0.2) is 23.2 Å². The number of rotatable bonds is 4. The van der Waals surface area contributed by atoms with Crippen molar-refractivity contribution in [1.29, 1.82) is 0 Å². The first kappa shape index (κ1) is 17.2. The molecule has 2 aromatic rings. The van der Waals surface area contributed by atoms with E-state index in [1.165, 1.54) is 16.4 Å². The van der Waals surface area contributed by atoms with Gasteiger partial charge in [0.15, 0.2) is 25.5 Å². The molecule has 96 valence electrons. The zero-order valence-electron chi connectivity index (χ0n) is 9.90. The zero-order chi connectivity index (χ0) is 10.7. The zero-order valence-corrected chi connectivity index (χ0v) is 14.7. The summed E-state index contributed by atoms with van der Waals surface area (Å²) in [5, 5.41) is 7.08. The van der Waals surface area contributed by atoms with Gasteiger partial charge in [0.05, 0.1) is 17.2 Å².